The third-order valence-electron chi connectivity index (χ3n) is 3.21. The highest BCUT2D eigenvalue weighted by Crippen LogP contribution is 2.28. The van der Waals surface area contributed by atoms with Crippen molar-refractivity contribution >= 4 is 5.97 Å². The molecular weight excluding hydrogens is 164 g/mol. The Bertz CT molecular complexity index is 165. The summed E-state index contributed by atoms with van der Waals surface area (Å²) in [4.78, 5) is 10.9. The van der Waals surface area contributed by atoms with Gasteiger partial charge >= 0.3 is 5.97 Å². The number of carboxylic acid groups (broad SMARTS) is 1. The van der Waals surface area contributed by atoms with Gasteiger partial charge < -0.3 is 5.11 Å². The summed E-state index contributed by atoms with van der Waals surface area (Å²) in [6, 6.07) is 0. The van der Waals surface area contributed by atoms with E-state index in [0.717, 1.165) is 25.7 Å². The minimum atomic E-state index is -0.583. The average molecular weight is 184 g/mol. The van der Waals surface area contributed by atoms with Crippen LogP contribution in [0.1, 0.15) is 51.9 Å². The maximum absolute atomic E-state index is 10.9. The predicted molar refractivity (Wildman–Crippen MR) is 52.6 cm³/mol. The molecule has 2 heteroatoms. The van der Waals surface area contributed by atoms with E-state index in [2.05, 4.69) is 6.92 Å². The Labute approximate surface area is 80.3 Å². The van der Waals surface area contributed by atoms with E-state index in [4.69, 9.17) is 5.11 Å². The standard InChI is InChI=1S/C11H20O2/c1-2-9-6-4-3-5-7-10(8-9)11(12)13/h9-10H,2-8H2,1H3,(H,12,13). The van der Waals surface area contributed by atoms with Crippen LogP contribution in [0.15, 0.2) is 0 Å². The Morgan fingerprint density at radius 2 is 2.00 bits per heavy atom. The molecule has 2 atom stereocenters. The molecule has 1 aliphatic carbocycles. The van der Waals surface area contributed by atoms with E-state index in [1.807, 2.05) is 0 Å². The zero-order chi connectivity index (χ0) is 9.68. The van der Waals surface area contributed by atoms with Gasteiger partial charge in [0.2, 0.25) is 0 Å². The summed E-state index contributed by atoms with van der Waals surface area (Å²) in [6.45, 7) is 2.17. The van der Waals surface area contributed by atoms with Gasteiger partial charge in [0.05, 0.1) is 5.92 Å². The van der Waals surface area contributed by atoms with E-state index < -0.39 is 5.97 Å². The molecule has 1 saturated carbocycles. The Balaban J connectivity index is 2.47. The highest BCUT2D eigenvalue weighted by molar-refractivity contribution is 5.69. The molecule has 0 aromatic heterocycles. The van der Waals surface area contributed by atoms with Crippen molar-refractivity contribution in [3.63, 3.8) is 0 Å². The molecule has 0 aromatic rings. The van der Waals surface area contributed by atoms with Crippen molar-refractivity contribution in [3.05, 3.63) is 0 Å². The minimum Gasteiger partial charge on any atom is -0.481 e. The van der Waals surface area contributed by atoms with Gasteiger partial charge in [-0.1, -0.05) is 39.0 Å². The lowest BCUT2D eigenvalue weighted by Gasteiger charge is -2.22. The molecule has 76 valence electrons. The summed E-state index contributed by atoms with van der Waals surface area (Å²) >= 11 is 0. The molecule has 0 bridgehead atoms. The average Bonchev–Trinajstić information content (AvgIpc) is 2.03. The largest absolute Gasteiger partial charge is 0.481 e. The Morgan fingerprint density at radius 3 is 2.62 bits per heavy atom. The van der Waals surface area contributed by atoms with E-state index in [9.17, 15) is 4.79 Å². The fourth-order valence-corrected chi connectivity index (χ4v) is 2.23. The molecule has 1 fully saturated rings. The van der Waals surface area contributed by atoms with Crippen molar-refractivity contribution < 1.29 is 9.90 Å². The van der Waals surface area contributed by atoms with Gasteiger partial charge in [-0.3, -0.25) is 4.79 Å². The quantitative estimate of drug-likeness (QED) is 0.716. The number of hydrogen-bond acceptors (Lipinski definition) is 1. The first-order chi connectivity index (χ1) is 6.24. The van der Waals surface area contributed by atoms with E-state index in [1.54, 1.807) is 0 Å². The van der Waals surface area contributed by atoms with Crippen LogP contribution in [0.2, 0.25) is 0 Å². The fourth-order valence-electron chi connectivity index (χ4n) is 2.23. The van der Waals surface area contributed by atoms with Crippen molar-refractivity contribution in [3.8, 4) is 0 Å². The molecule has 0 aliphatic heterocycles. The van der Waals surface area contributed by atoms with Gasteiger partial charge in [-0.25, -0.2) is 0 Å². The highest BCUT2D eigenvalue weighted by atomic mass is 16.4. The number of carbonyl (C=O) groups is 1. The minimum absolute atomic E-state index is 0.0646. The Kier molecular flexibility index (Phi) is 4.26. The second-order valence-electron chi connectivity index (χ2n) is 4.18. The SMILES string of the molecule is CCC1CCCCCC(C(=O)O)C1. The smallest absolute Gasteiger partial charge is 0.306 e. The van der Waals surface area contributed by atoms with Gasteiger partial charge in [0.15, 0.2) is 0 Å². The van der Waals surface area contributed by atoms with Gasteiger partial charge in [-0.15, -0.1) is 0 Å². The maximum atomic E-state index is 10.9. The van der Waals surface area contributed by atoms with Crippen LogP contribution in [0.4, 0.5) is 0 Å². The number of rotatable bonds is 2. The van der Waals surface area contributed by atoms with E-state index in [-0.39, 0.29) is 5.92 Å². The van der Waals surface area contributed by atoms with Gasteiger partial charge in [0.1, 0.15) is 0 Å². The summed E-state index contributed by atoms with van der Waals surface area (Å²) < 4.78 is 0. The summed E-state index contributed by atoms with van der Waals surface area (Å²) in [7, 11) is 0. The first-order valence-corrected chi connectivity index (χ1v) is 5.46. The molecule has 1 N–H and O–H groups in total. The molecule has 0 saturated heterocycles. The van der Waals surface area contributed by atoms with Crippen molar-refractivity contribution in [2.24, 2.45) is 11.8 Å². The van der Waals surface area contributed by atoms with Crippen LogP contribution in [0, 0.1) is 11.8 Å². The number of carboxylic acids is 1. The van der Waals surface area contributed by atoms with Crippen LogP contribution in [0.5, 0.6) is 0 Å². The Hall–Kier alpha value is -0.530. The summed E-state index contributed by atoms with van der Waals surface area (Å²) in [5, 5.41) is 8.97. The molecule has 2 nitrogen and oxygen atoms in total. The number of hydrogen-bond donors (Lipinski definition) is 1. The maximum Gasteiger partial charge on any atom is 0.306 e. The lowest BCUT2D eigenvalue weighted by Crippen LogP contribution is -2.19. The van der Waals surface area contributed by atoms with Crippen molar-refractivity contribution in [1.82, 2.24) is 0 Å². The molecule has 0 radical (unpaired) electrons. The predicted octanol–water partition coefficient (Wildman–Crippen LogP) is 3.07. The van der Waals surface area contributed by atoms with Gasteiger partial charge in [-0.2, -0.15) is 0 Å². The molecule has 0 spiro atoms. The number of aliphatic carboxylic acids is 1. The Morgan fingerprint density at radius 1 is 1.31 bits per heavy atom. The van der Waals surface area contributed by atoms with Gasteiger partial charge in [0.25, 0.3) is 0 Å². The molecule has 13 heavy (non-hydrogen) atoms. The molecule has 0 amide bonds. The monoisotopic (exact) mass is 184 g/mol. The molecule has 1 aliphatic rings. The molecule has 2 unspecified atom stereocenters. The summed E-state index contributed by atoms with van der Waals surface area (Å²) in [5.74, 6) is 0.00648. The van der Waals surface area contributed by atoms with Crippen LogP contribution in [-0.4, -0.2) is 11.1 Å². The van der Waals surface area contributed by atoms with Crippen LogP contribution in [-0.2, 0) is 4.79 Å². The summed E-state index contributed by atoms with van der Waals surface area (Å²) in [5.41, 5.74) is 0. The third kappa shape index (κ3) is 3.37. The van der Waals surface area contributed by atoms with E-state index in [0.29, 0.717) is 5.92 Å². The van der Waals surface area contributed by atoms with Crippen LogP contribution in [0.25, 0.3) is 0 Å². The normalized spacial score (nSPS) is 30.5. The summed E-state index contributed by atoms with van der Waals surface area (Å²) in [6.07, 6.45) is 7.81. The molecular formula is C11H20O2. The lowest BCUT2D eigenvalue weighted by atomic mass is 9.83. The lowest BCUT2D eigenvalue weighted by molar-refractivity contribution is -0.142. The zero-order valence-electron chi connectivity index (χ0n) is 8.46. The van der Waals surface area contributed by atoms with Crippen LogP contribution in [0.3, 0.4) is 0 Å². The third-order valence-corrected chi connectivity index (χ3v) is 3.21. The van der Waals surface area contributed by atoms with Gasteiger partial charge in [-0.05, 0) is 18.8 Å². The van der Waals surface area contributed by atoms with Crippen molar-refractivity contribution in [2.45, 2.75) is 51.9 Å². The van der Waals surface area contributed by atoms with Crippen molar-refractivity contribution in [2.75, 3.05) is 0 Å². The van der Waals surface area contributed by atoms with Gasteiger partial charge in [0, 0.05) is 0 Å². The second-order valence-corrected chi connectivity index (χ2v) is 4.18. The molecule has 1 rings (SSSR count). The van der Waals surface area contributed by atoms with E-state index in [1.165, 1.54) is 19.3 Å². The first kappa shape index (κ1) is 10.6. The second kappa shape index (κ2) is 5.25. The van der Waals surface area contributed by atoms with Crippen LogP contribution >= 0.6 is 0 Å². The molecule has 0 heterocycles. The zero-order valence-corrected chi connectivity index (χ0v) is 8.46. The van der Waals surface area contributed by atoms with E-state index >= 15 is 0 Å². The molecule has 0 aromatic carbocycles. The van der Waals surface area contributed by atoms with Crippen LogP contribution < -0.4 is 0 Å². The fraction of sp³-hybridized carbons (Fsp3) is 0.909. The van der Waals surface area contributed by atoms with Crippen molar-refractivity contribution in [1.29, 1.82) is 0 Å². The topological polar surface area (TPSA) is 37.3 Å². The first-order valence-electron chi connectivity index (χ1n) is 5.46. The highest BCUT2D eigenvalue weighted by Gasteiger charge is 2.22.